The molecule has 0 saturated heterocycles. The molecule has 2 rings (SSSR count). The first-order valence-corrected chi connectivity index (χ1v) is 8.33. The molecule has 2 aromatic carbocycles. The highest BCUT2D eigenvalue weighted by Gasteiger charge is 2.15. The lowest BCUT2D eigenvalue weighted by Crippen LogP contribution is -2.23. The Bertz CT molecular complexity index is 911. The van der Waals surface area contributed by atoms with Crippen molar-refractivity contribution < 1.29 is 34.1 Å². The number of amidine groups is 1. The Morgan fingerprint density at radius 3 is 2.41 bits per heavy atom. The van der Waals surface area contributed by atoms with Gasteiger partial charge in [0.1, 0.15) is 0 Å². The van der Waals surface area contributed by atoms with Crippen molar-refractivity contribution >= 4 is 23.5 Å². The SMILES string of the molecule is COc1cc(CC(=O)OCNc2ccc(/C(N)=N\O)cc2)cc(C(=O)[O-])c1OC. The molecule has 29 heavy (non-hydrogen) atoms. The van der Waals surface area contributed by atoms with Crippen LogP contribution >= 0.6 is 0 Å². The summed E-state index contributed by atoms with van der Waals surface area (Å²) in [6.07, 6.45) is -0.176. The number of carbonyl (C=O) groups is 2. The minimum Gasteiger partial charge on any atom is -0.545 e. The van der Waals surface area contributed by atoms with Crippen molar-refractivity contribution in [2.75, 3.05) is 26.3 Å². The fraction of sp³-hybridized carbons (Fsp3) is 0.211. The quantitative estimate of drug-likeness (QED) is 0.134. The van der Waals surface area contributed by atoms with Gasteiger partial charge in [0.05, 0.1) is 26.6 Å². The van der Waals surface area contributed by atoms with Crippen LogP contribution in [0.2, 0.25) is 0 Å². The minimum atomic E-state index is -1.45. The lowest BCUT2D eigenvalue weighted by molar-refractivity contribution is -0.255. The van der Waals surface area contributed by atoms with Gasteiger partial charge in [-0.25, -0.2) is 0 Å². The maximum absolute atomic E-state index is 12.1. The second-order valence-electron chi connectivity index (χ2n) is 5.74. The highest BCUT2D eigenvalue weighted by molar-refractivity contribution is 5.97. The van der Waals surface area contributed by atoms with Crippen molar-refractivity contribution in [3.8, 4) is 11.5 Å². The van der Waals surface area contributed by atoms with Gasteiger partial charge in [0.2, 0.25) is 0 Å². The number of benzene rings is 2. The monoisotopic (exact) mass is 402 g/mol. The van der Waals surface area contributed by atoms with Crippen LogP contribution in [0.3, 0.4) is 0 Å². The maximum Gasteiger partial charge on any atom is 0.311 e. The molecule has 0 bridgehead atoms. The van der Waals surface area contributed by atoms with Gasteiger partial charge in [0.15, 0.2) is 24.1 Å². The lowest BCUT2D eigenvalue weighted by atomic mass is 10.1. The van der Waals surface area contributed by atoms with Crippen molar-refractivity contribution in [2.45, 2.75) is 6.42 Å². The van der Waals surface area contributed by atoms with E-state index in [1.807, 2.05) is 0 Å². The Kier molecular flexibility index (Phi) is 7.24. The van der Waals surface area contributed by atoms with Crippen molar-refractivity contribution in [1.29, 1.82) is 0 Å². The van der Waals surface area contributed by atoms with Crippen LogP contribution in [-0.4, -0.2) is 43.9 Å². The number of oxime groups is 1. The number of aromatic carboxylic acids is 1. The Labute approximate surface area is 166 Å². The third kappa shape index (κ3) is 5.51. The van der Waals surface area contributed by atoms with E-state index in [-0.39, 0.29) is 36.0 Å². The number of anilines is 1. The molecule has 0 heterocycles. The zero-order chi connectivity index (χ0) is 21.4. The van der Waals surface area contributed by atoms with Crippen molar-refractivity contribution in [2.24, 2.45) is 10.9 Å². The Hall–Kier alpha value is -3.95. The fourth-order valence-electron chi connectivity index (χ4n) is 2.51. The van der Waals surface area contributed by atoms with E-state index < -0.39 is 11.9 Å². The van der Waals surface area contributed by atoms with Crippen LogP contribution in [0.15, 0.2) is 41.6 Å². The number of hydrogen-bond acceptors (Lipinski definition) is 9. The molecule has 0 unspecified atom stereocenters. The minimum absolute atomic E-state index is 0.0154. The van der Waals surface area contributed by atoms with Gasteiger partial charge in [0.25, 0.3) is 0 Å². The number of carboxylic acid groups (broad SMARTS) is 1. The fourth-order valence-corrected chi connectivity index (χ4v) is 2.51. The van der Waals surface area contributed by atoms with Gasteiger partial charge >= 0.3 is 5.97 Å². The third-order valence-electron chi connectivity index (χ3n) is 3.90. The summed E-state index contributed by atoms with van der Waals surface area (Å²) >= 11 is 0. The number of ether oxygens (including phenoxy) is 3. The van der Waals surface area contributed by atoms with E-state index in [9.17, 15) is 14.7 Å². The number of nitrogens with one attached hydrogen (secondary N) is 1. The Balaban J connectivity index is 1.97. The standard InChI is InChI=1S/C19H21N3O7/c1-27-15-8-11(7-14(19(24)25)17(15)28-2)9-16(23)29-10-21-13-5-3-12(4-6-13)18(20)22-26/h3-8,21,26H,9-10H2,1-2H3,(H2,20,22)(H,24,25)/p-1. The number of nitrogens with zero attached hydrogens (tertiary/aromatic N) is 1. The molecule has 0 spiro atoms. The zero-order valence-electron chi connectivity index (χ0n) is 15.8. The normalized spacial score (nSPS) is 10.9. The first kappa shape index (κ1) is 21.4. The second-order valence-corrected chi connectivity index (χ2v) is 5.74. The van der Waals surface area contributed by atoms with E-state index in [2.05, 4.69) is 10.5 Å². The summed E-state index contributed by atoms with van der Waals surface area (Å²) in [5.74, 6) is -1.87. The summed E-state index contributed by atoms with van der Waals surface area (Å²) in [7, 11) is 2.66. The number of nitrogens with two attached hydrogens (primary N) is 1. The van der Waals surface area contributed by atoms with E-state index in [1.54, 1.807) is 24.3 Å². The zero-order valence-corrected chi connectivity index (χ0v) is 15.8. The third-order valence-corrected chi connectivity index (χ3v) is 3.90. The van der Waals surface area contributed by atoms with E-state index in [0.29, 0.717) is 16.8 Å². The molecule has 0 amide bonds. The first-order valence-electron chi connectivity index (χ1n) is 8.33. The number of hydrogen-bond donors (Lipinski definition) is 3. The van der Waals surface area contributed by atoms with Gasteiger partial charge in [-0.05, 0) is 42.0 Å². The molecule has 10 heteroatoms. The van der Waals surface area contributed by atoms with E-state index >= 15 is 0 Å². The maximum atomic E-state index is 12.1. The van der Waals surface area contributed by atoms with Crippen LogP contribution in [0.1, 0.15) is 21.5 Å². The topological polar surface area (TPSA) is 156 Å². The van der Waals surface area contributed by atoms with Crippen LogP contribution in [-0.2, 0) is 16.0 Å². The lowest BCUT2D eigenvalue weighted by Gasteiger charge is -2.15. The second kappa shape index (κ2) is 9.83. The number of esters is 1. The summed E-state index contributed by atoms with van der Waals surface area (Å²) < 4.78 is 15.2. The number of methoxy groups -OCH3 is 2. The molecule has 0 aliphatic rings. The average Bonchev–Trinajstić information content (AvgIpc) is 2.72. The summed E-state index contributed by atoms with van der Waals surface area (Å²) in [5.41, 5.74) is 6.81. The Morgan fingerprint density at radius 1 is 1.17 bits per heavy atom. The van der Waals surface area contributed by atoms with Crippen LogP contribution in [0, 0.1) is 0 Å². The molecule has 154 valence electrons. The Morgan fingerprint density at radius 2 is 1.86 bits per heavy atom. The summed E-state index contributed by atoms with van der Waals surface area (Å²) in [5, 5.41) is 25.7. The molecule has 4 N–H and O–H groups in total. The molecule has 2 aromatic rings. The van der Waals surface area contributed by atoms with Gasteiger partial charge in [-0.3, -0.25) is 4.79 Å². The smallest absolute Gasteiger partial charge is 0.311 e. The van der Waals surface area contributed by atoms with Gasteiger partial charge in [-0.15, -0.1) is 0 Å². The largest absolute Gasteiger partial charge is 0.545 e. The molecular weight excluding hydrogens is 382 g/mol. The van der Waals surface area contributed by atoms with Crippen LogP contribution in [0.25, 0.3) is 0 Å². The van der Waals surface area contributed by atoms with Gasteiger partial charge in [-0.2, -0.15) is 0 Å². The van der Waals surface area contributed by atoms with Crippen molar-refractivity contribution in [3.05, 3.63) is 53.1 Å². The van der Waals surface area contributed by atoms with E-state index in [1.165, 1.54) is 26.4 Å². The first-order chi connectivity index (χ1) is 13.9. The van der Waals surface area contributed by atoms with Gasteiger partial charge in [0, 0.05) is 16.8 Å². The van der Waals surface area contributed by atoms with Crippen molar-refractivity contribution in [1.82, 2.24) is 0 Å². The van der Waals surface area contributed by atoms with Crippen LogP contribution in [0.5, 0.6) is 11.5 Å². The molecule has 0 radical (unpaired) electrons. The van der Waals surface area contributed by atoms with Gasteiger partial charge < -0.3 is 40.4 Å². The summed E-state index contributed by atoms with van der Waals surface area (Å²) in [4.78, 5) is 23.4. The summed E-state index contributed by atoms with van der Waals surface area (Å²) in [6.45, 7) is -0.109. The molecule has 0 aliphatic heterocycles. The predicted octanol–water partition coefficient (Wildman–Crippen LogP) is 0.317. The molecule has 10 nitrogen and oxygen atoms in total. The van der Waals surface area contributed by atoms with E-state index in [0.717, 1.165) is 0 Å². The molecule has 0 fully saturated rings. The predicted molar refractivity (Wildman–Crippen MR) is 101 cm³/mol. The molecule has 0 saturated carbocycles. The number of carboxylic acids is 1. The molecule has 0 aromatic heterocycles. The van der Waals surface area contributed by atoms with Crippen molar-refractivity contribution in [3.63, 3.8) is 0 Å². The molecule has 0 atom stereocenters. The number of rotatable bonds is 9. The van der Waals surface area contributed by atoms with E-state index in [4.69, 9.17) is 25.2 Å². The molecular formula is C19H20N3O7-. The molecule has 0 aliphatic carbocycles. The van der Waals surface area contributed by atoms with Gasteiger partial charge in [-0.1, -0.05) is 5.16 Å². The number of carbonyl (C=O) groups excluding carboxylic acids is 2. The van der Waals surface area contributed by atoms with Crippen LogP contribution < -0.4 is 25.6 Å². The highest BCUT2D eigenvalue weighted by atomic mass is 16.5. The average molecular weight is 402 g/mol. The van der Waals surface area contributed by atoms with Crippen LogP contribution in [0.4, 0.5) is 5.69 Å². The summed E-state index contributed by atoms with van der Waals surface area (Å²) in [6, 6.07) is 9.36. The highest BCUT2D eigenvalue weighted by Crippen LogP contribution is 2.32.